The Morgan fingerprint density at radius 2 is 1.00 bits per heavy atom. The molecule has 2 atom stereocenters. The number of halogens is 2. The van der Waals surface area contributed by atoms with E-state index in [9.17, 15) is 0 Å². The minimum absolute atomic E-state index is 0.496. The summed E-state index contributed by atoms with van der Waals surface area (Å²) in [5.41, 5.74) is 2.98. The van der Waals surface area contributed by atoms with Crippen LogP contribution in [0.15, 0.2) is 24.3 Å². The zero-order valence-electron chi connectivity index (χ0n) is 15.7. The lowest BCUT2D eigenvalue weighted by Gasteiger charge is -2.19. The van der Waals surface area contributed by atoms with Gasteiger partial charge < -0.3 is 0 Å². The topological polar surface area (TPSA) is 0 Å². The SMILES string of the molecule is CCCCCCCC(Br)c1ccccc1C(Br)CCCCCCC. The van der Waals surface area contributed by atoms with Crippen LogP contribution in [0.3, 0.4) is 0 Å². The molecule has 138 valence electrons. The number of alkyl halides is 2. The van der Waals surface area contributed by atoms with Crippen LogP contribution < -0.4 is 0 Å². The first-order valence-electron chi connectivity index (χ1n) is 10.1. The zero-order valence-corrected chi connectivity index (χ0v) is 18.9. The summed E-state index contributed by atoms with van der Waals surface area (Å²) in [6, 6.07) is 8.99. The first-order chi connectivity index (χ1) is 11.7. The molecule has 0 nitrogen and oxygen atoms in total. The summed E-state index contributed by atoms with van der Waals surface area (Å²) >= 11 is 7.91. The van der Waals surface area contributed by atoms with Crippen LogP contribution in [-0.4, -0.2) is 0 Å². The highest BCUT2D eigenvalue weighted by Gasteiger charge is 2.16. The fourth-order valence-corrected chi connectivity index (χ4v) is 4.73. The maximum Gasteiger partial charge on any atom is 0.0398 e. The predicted molar refractivity (Wildman–Crippen MR) is 117 cm³/mol. The molecule has 2 heteroatoms. The van der Waals surface area contributed by atoms with Crippen LogP contribution in [0.5, 0.6) is 0 Å². The molecule has 0 heterocycles. The van der Waals surface area contributed by atoms with E-state index in [0.29, 0.717) is 9.65 Å². The molecule has 0 saturated carbocycles. The summed E-state index contributed by atoms with van der Waals surface area (Å²) in [6.45, 7) is 4.56. The van der Waals surface area contributed by atoms with E-state index in [1.165, 1.54) is 88.2 Å². The maximum atomic E-state index is 3.96. The molecule has 0 aromatic heterocycles. The molecular weight excluding hydrogens is 424 g/mol. The van der Waals surface area contributed by atoms with Crippen molar-refractivity contribution in [1.82, 2.24) is 0 Å². The molecule has 0 N–H and O–H groups in total. The summed E-state index contributed by atoms with van der Waals surface area (Å²) in [6.07, 6.45) is 16.1. The van der Waals surface area contributed by atoms with E-state index in [-0.39, 0.29) is 0 Å². The van der Waals surface area contributed by atoms with E-state index in [1.54, 1.807) is 0 Å². The summed E-state index contributed by atoms with van der Waals surface area (Å²) in [5, 5.41) is 0. The van der Waals surface area contributed by atoms with Gasteiger partial charge in [0.15, 0.2) is 0 Å². The van der Waals surface area contributed by atoms with E-state index in [1.807, 2.05) is 0 Å². The van der Waals surface area contributed by atoms with Crippen LogP contribution in [0.4, 0.5) is 0 Å². The number of hydrogen-bond donors (Lipinski definition) is 0. The van der Waals surface area contributed by atoms with Crippen LogP contribution in [0, 0.1) is 0 Å². The van der Waals surface area contributed by atoms with Crippen molar-refractivity contribution in [2.24, 2.45) is 0 Å². The van der Waals surface area contributed by atoms with Gasteiger partial charge in [0.1, 0.15) is 0 Å². The van der Waals surface area contributed by atoms with Gasteiger partial charge in [-0.3, -0.25) is 0 Å². The molecule has 0 amide bonds. The monoisotopic (exact) mass is 458 g/mol. The quantitative estimate of drug-likeness (QED) is 0.192. The minimum atomic E-state index is 0.496. The van der Waals surface area contributed by atoms with Crippen molar-refractivity contribution in [2.75, 3.05) is 0 Å². The minimum Gasteiger partial charge on any atom is -0.0839 e. The van der Waals surface area contributed by atoms with Gasteiger partial charge in [-0.2, -0.15) is 0 Å². The summed E-state index contributed by atoms with van der Waals surface area (Å²) in [7, 11) is 0. The molecule has 0 aliphatic carbocycles. The van der Waals surface area contributed by atoms with Gasteiger partial charge in [0.05, 0.1) is 0 Å². The molecule has 0 aliphatic heterocycles. The van der Waals surface area contributed by atoms with Crippen LogP contribution in [0.25, 0.3) is 0 Å². The molecule has 0 spiro atoms. The Bertz CT molecular complexity index is 377. The van der Waals surface area contributed by atoms with E-state index in [0.717, 1.165) is 0 Å². The van der Waals surface area contributed by atoms with E-state index in [4.69, 9.17) is 0 Å². The largest absolute Gasteiger partial charge is 0.0839 e. The fraction of sp³-hybridized carbons (Fsp3) is 0.727. The second-order valence-electron chi connectivity index (χ2n) is 6.97. The fourth-order valence-electron chi connectivity index (χ4n) is 3.25. The standard InChI is InChI=1S/C22H36Br2/c1-3-5-7-9-11-17-21(23)19-15-13-14-16-20(19)22(24)18-12-10-8-6-4-2/h13-16,21-22H,3-12,17-18H2,1-2H3. The second kappa shape index (κ2) is 14.4. The number of hydrogen-bond acceptors (Lipinski definition) is 0. The summed E-state index contributed by atoms with van der Waals surface area (Å²) < 4.78 is 0. The Kier molecular flexibility index (Phi) is 13.3. The highest BCUT2D eigenvalue weighted by Crippen LogP contribution is 2.38. The van der Waals surface area contributed by atoms with Crippen LogP contribution in [0.1, 0.15) is 112 Å². The Balaban J connectivity index is 2.47. The van der Waals surface area contributed by atoms with Gasteiger partial charge >= 0.3 is 0 Å². The lowest BCUT2D eigenvalue weighted by atomic mass is 9.96. The van der Waals surface area contributed by atoms with Gasteiger partial charge in [-0.05, 0) is 24.0 Å². The molecule has 2 unspecified atom stereocenters. The average molecular weight is 460 g/mol. The highest BCUT2D eigenvalue weighted by molar-refractivity contribution is 9.09. The van der Waals surface area contributed by atoms with E-state index >= 15 is 0 Å². The smallest absolute Gasteiger partial charge is 0.0398 e. The predicted octanol–water partition coefficient (Wildman–Crippen LogP) is 9.28. The first-order valence-corrected chi connectivity index (χ1v) is 11.9. The molecule has 0 bridgehead atoms. The van der Waals surface area contributed by atoms with Crippen molar-refractivity contribution in [3.05, 3.63) is 35.4 Å². The Morgan fingerprint density at radius 1 is 0.625 bits per heavy atom. The van der Waals surface area contributed by atoms with Crippen LogP contribution >= 0.6 is 31.9 Å². The summed E-state index contributed by atoms with van der Waals surface area (Å²) in [4.78, 5) is 0.992. The third-order valence-electron chi connectivity index (χ3n) is 4.79. The van der Waals surface area contributed by atoms with Crippen molar-refractivity contribution >= 4 is 31.9 Å². The summed E-state index contributed by atoms with van der Waals surface area (Å²) in [5.74, 6) is 0. The second-order valence-corrected chi connectivity index (χ2v) is 9.18. The number of unbranched alkanes of at least 4 members (excludes halogenated alkanes) is 8. The van der Waals surface area contributed by atoms with Gasteiger partial charge in [0, 0.05) is 9.65 Å². The third kappa shape index (κ3) is 9.04. The third-order valence-corrected chi connectivity index (χ3v) is 6.70. The Hall–Kier alpha value is 0.180. The average Bonchev–Trinajstić information content (AvgIpc) is 2.61. The molecule has 0 fully saturated rings. The molecular formula is C22H36Br2. The highest BCUT2D eigenvalue weighted by atomic mass is 79.9. The maximum absolute atomic E-state index is 3.96. The van der Waals surface area contributed by atoms with Crippen molar-refractivity contribution < 1.29 is 0 Å². The zero-order chi connectivity index (χ0) is 17.6. The van der Waals surface area contributed by atoms with Gasteiger partial charge in [-0.15, -0.1) is 0 Å². The molecule has 1 aromatic rings. The molecule has 0 radical (unpaired) electrons. The molecule has 1 aromatic carbocycles. The Morgan fingerprint density at radius 3 is 1.38 bits per heavy atom. The molecule has 0 aliphatic rings. The van der Waals surface area contributed by atoms with Crippen molar-refractivity contribution in [3.8, 4) is 0 Å². The van der Waals surface area contributed by atoms with Crippen molar-refractivity contribution in [1.29, 1.82) is 0 Å². The number of rotatable bonds is 14. The van der Waals surface area contributed by atoms with Gasteiger partial charge in [0.25, 0.3) is 0 Å². The van der Waals surface area contributed by atoms with Crippen molar-refractivity contribution in [3.63, 3.8) is 0 Å². The van der Waals surface area contributed by atoms with Gasteiger partial charge in [-0.1, -0.05) is 134 Å². The number of benzene rings is 1. The lowest BCUT2D eigenvalue weighted by molar-refractivity contribution is 0.597. The molecule has 0 saturated heterocycles. The van der Waals surface area contributed by atoms with Crippen molar-refractivity contribution in [2.45, 2.75) is 101 Å². The van der Waals surface area contributed by atoms with Gasteiger partial charge in [-0.25, -0.2) is 0 Å². The lowest BCUT2D eigenvalue weighted by Crippen LogP contribution is -2.00. The normalized spacial score (nSPS) is 13.8. The van der Waals surface area contributed by atoms with E-state index in [2.05, 4.69) is 70.0 Å². The van der Waals surface area contributed by atoms with Crippen LogP contribution in [0.2, 0.25) is 0 Å². The molecule has 24 heavy (non-hydrogen) atoms. The van der Waals surface area contributed by atoms with E-state index < -0.39 is 0 Å². The van der Waals surface area contributed by atoms with Crippen LogP contribution in [-0.2, 0) is 0 Å². The Labute approximate surface area is 167 Å². The van der Waals surface area contributed by atoms with Gasteiger partial charge in [0.2, 0.25) is 0 Å². The molecule has 1 rings (SSSR count). The first kappa shape index (κ1) is 22.2.